The van der Waals surface area contributed by atoms with Gasteiger partial charge in [-0.2, -0.15) is 0 Å². The molecule has 66 valence electrons. The van der Waals surface area contributed by atoms with Gasteiger partial charge in [-0.3, -0.25) is 4.90 Å². The minimum absolute atomic E-state index is 0.730. The fraction of sp³-hybridized carbons (Fsp3) is 1.00. The third kappa shape index (κ3) is 1.74. The summed E-state index contributed by atoms with van der Waals surface area (Å²) in [5.41, 5.74) is 5.52. The lowest BCUT2D eigenvalue weighted by atomic mass is 9.95. The van der Waals surface area contributed by atoms with Crippen molar-refractivity contribution in [3.63, 3.8) is 0 Å². The van der Waals surface area contributed by atoms with Gasteiger partial charge in [0.1, 0.15) is 0 Å². The van der Waals surface area contributed by atoms with Gasteiger partial charge in [0, 0.05) is 25.7 Å². The molecular weight excluding hydrogens is 136 g/mol. The van der Waals surface area contributed by atoms with Gasteiger partial charge in [-0.15, -0.1) is 0 Å². The Morgan fingerprint density at radius 3 is 2.36 bits per heavy atom. The van der Waals surface area contributed by atoms with Crippen molar-refractivity contribution in [3.8, 4) is 0 Å². The largest absolute Gasteiger partial charge is 0.329 e. The molecule has 1 rings (SSSR count). The molecule has 0 bridgehead atoms. The molecule has 0 aliphatic carbocycles. The first-order chi connectivity index (χ1) is 5.16. The lowest BCUT2D eigenvalue weighted by Crippen LogP contribution is -2.33. The van der Waals surface area contributed by atoms with E-state index in [4.69, 9.17) is 5.73 Å². The fourth-order valence-corrected chi connectivity index (χ4v) is 1.97. The molecule has 0 saturated carbocycles. The highest BCUT2D eigenvalue weighted by molar-refractivity contribution is 4.85. The summed E-state index contributed by atoms with van der Waals surface area (Å²) in [6.45, 7) is 10.1. The maximum absolute atomic E-state index is 5.52. The molecule has 0 radical (unpaired) electrons. The van der Waals surface area contributed by atoms with E-state index in [-0.39, 0.29) is 0 Å². The van der Waals surface area contributed by atoms with Crippen LogP contribution in [0, 0.1) is 11.8 Å². The summed E-state index contributed by atoms with van der Waals surface area (Å²) in [6.07, 6.45) is 0. The zero-order valence-electron chi connectivity index (χ0n) is 7.88. The fourth-order valence-electron chi connectivity index (χ4n) is 1.97. The Kier molecular flexibility index (Phi) is 2.90. The van der Waals surface area contributed by atoms with Gasteiger partial charge in [-0.05, 0) is 18.8 Å². The number of nitrogens with two attached hydrogens (primary N) is 1. The van der Waals surface area contributed by atoms with Gasteiger partial charge in [0.05, 0.1) is 0 Å². The summed E-state index contributed by atoms with van der Waals surface area (Å²) < 4.78 is 0. The average Bonchev–Trinajstić information content (AvgIpc) is 2.19. The van der Waals surface area contributed by atoms with Crippen molar-refractivity contribution in [1.82, 2.24) is 4.90 Å². The van der Waals surface area contributed by atoms with Crippen molar-refractivity contribution in [2.45, 2.75) is 26.8 Å². The first kappa shape index (κ1) is 9.01. The van der Waals surface area contributed by atoms with Gasteiger partial charge in [0.25, 0.3) is 0 Å². The lowest BCUT2D eigenvalue weighted by Gasteiger charge is -2.21. The molecule has 1 fully saturated rings. The van der Waals surface area contributed by atoms with E-state index in [1.165, 1.54) is 6.54 Å². The number of likely N-dealkylation sites (tertiary alicyclic amines) is 1. The zero-order valence-corrected chi connectivity index (χ0v) is 7.88. The highest BCUT2D eigenvalue weighted by atomic mass is 15.2. The van der Waals surface area contributed by atoms with Crippen LogP contribution in [0.4, 0.5) is 0 Å². The molecule has 0 amide bonds. The molecule has 0 aromatic heterocycles. The quantitative estimate of drug-likeness (QED) is 0.644. The summed E-state index contributed by atoms with van der Waals surface area (Å²) in [5.74, 6) is 1.68. The number of hydrogen-bond acceptors (Lipinski definition) is 2. The summed E-state index contributed by atoms with van der Waals surface area (Å²) in [5, 5.41) is 0. The molecule has 1 saturated heterocycles. The normalized spacial score (nSPS) is 39.8. The summed E-state index contributed by atoms with van der Waals surface area (Å²) >= 11 is 0. The van der Waals surface area contributed by atoms with E-state index in [0.29, 0.717) is 0 Å². The first-order valence-electron chi connectivity index (χ1n) is 4.61. The standard InChI is InChI=1S/C9H20N2/c1-7-6-11(5-4-10)9(3)8(7)2/h7-9H,4-6,10H2,1-3H3. The second-order valence-electron chi connectivity index (χ2n) is 3.86. The van der Waals surface area contributed by atoms with E-state index in [9.17, 15) is 0 Å². The molecule has 3 unspecified atom stereocenters. The second kappa shape index (κ2) is 3.55. The molecule has 1 aliphatic heterocycles. The predicted octanol–water partition coefficient (Wildman–Crippen LogP) is 0.921. The van der Waals surface area contributed by atoms with E-state index >= 15 is 0 Å². The van der Waals surface area contributed by atoms with Gasteiger partial charge in [-0.1, -0.05) is 13.8 Å². The molecule has 1 aliphatic rings. The monoisotopic (exact) mass is 156 g/mol. The average molecular weight is 156 g/mol. The molecule has 0 spiro atoms. The van der Waals surface area contributed by atoms with Gasteiger partial charge < -0.3 is 5.73 Å². The van der Waals surface area contributed by atoms with Crippen LogP contribution < -0.4 is 5.73 Å². The van der Waals surface area contributed by atoms with Crippen LogP contribution in [0.3, 0.4) is 0 Å². The summed E-state index contributed by atoms with van der Waals surface area (Å²) in [4.78, 5) is 2.50. The van der Waals surface area contributed by atoms with Gasteiger partial charge in [-0.25, -0.2) is 0 Å². The SMILES string of the molecule is CC1CN(CCN)C(C)C1C. The van der Waals surface area contributed by atoms with Crippen LogP contribution >= 0.6 is 0 Å². The highest BCUT2D eigenvalue weighted by Gasteiger charge is 2.32. The molecule has 2 nitrogen and oxygen atoms in total. The molecular formula is C9H20N2. The number of hydrogen-bond donors (Lipinski definition) is 1. The zero-order chi connectivity index (χ0) is 8.43. The highest BCUT2D eigenvalue weighted by Crippen LogP contribution is 2.27. The van der Waals surface area contributed by atoms with Crippen LogP contribution in [0.1, 0.15) is 20.8 Å². The molecule has 0 aromatic rings. The third-order valence-corrected chi connectivity index (χ3v) is 3.17. The number of nitrogens with zero attached hydrogens (tertiary/aromatic N) is 1. The van der Waals surface area contributed by atoms with Crippen molar-refractivity contribution < 1.29 is 0 Å². The van der Waals surface area contributed by atoms with Gasteiger partial charge in [0.2, 0.25) is 0 Å². The molecule has 2 heteroatoms. The summed E-state index contributed by atoms with van der Waals surface area (Å²) in [7, 11) is 0. The van der Waals surface area contributed by atoms with Gasteiger partial charge >= 0.3 is 0 Å². The van der Waals surface area contributed by atoms with Crippen LogP contribution in [0.15, 0.2) is 0 Å². The van der Waals surface area contributed by atoms with Crippen LogP contribution in [-0.4, -0.2) is 30.6 Å². The predicted molar refractivity (Wildman–Crippen MR) is 48.4 cm³/mol. The smallest absolute Gasteiger partial charge is 0.0108 e. The molecule has 0 aromatic carbocycles. The Morgan fingerprint density at radius 1 is 1.36 bits per heavy atom. The minimum atomic E-state index is 0.730. The van der Waals surface area contributed by atoms with Crippen molar-refractivity contribution >= 4 is 0 Å². The maximum atomic E-state index is 5.52. The molecule has 11 heavy (non-hydrogen) atoms. The van der Waals surface area contributed by atoms with Crippen molar-refractivity contribution in [2.75, 3.05) is 19.6 Å². The van der Waals surface area contributed by atoms with E-state index in [1.54, 1.807) is 0 Å². The Balaban J connectivity index is 2.45. The van der Waals surface area contributed by atoms with Crippen LogP contribution in [0.5, 0.6) is 0 Å². The van der Waals surface area contributed by atoms with Gasteiger partial charge in [0.15, 0.2) is 0 Å². The van der Waals surface area contributed by atoms with E-state index in [0.717, 1.165) is 31.0 Å². The molecule has 3 atom stereocenters. The molecule has 1 heterocycles. The van der Waals surface area contributed by atoms with Crippen molar-refractivity contribution in [1.29, 1.82) is 0 Å². The van der Waals surface area contributed by atoms with Crippen molar-refractivity contribution in [3.05, 3.63) is 0 Å². The Hall–Kier alpha value is -0.0800. The Morgan fingerprint density at radius 2 is 2.00 bits per heavy atom. The van der Waals surface area contributed by atoms with Crippen LogP contribution in [-0.2, 0) is 0 Å². The molecule has 2 N–H and O–H groups in total. The number of rotatable bonds is 2. The maximum Gasteiger partial charge on any atom is 0.0108 e. The second-order valence-corrected chi connectivity index (χ2v) is 3.86. The summed E-state index contributed by atoms with van der Waals surface area (Å²) in [6, 6.07) is 0.730. The third-order valence-electron chi connectivity index (χ3n) is 3.17. The lowest BCUT2D eigenvalue weighted by molar-refractivity contribution is 0.254. The van der Waals surface area contributed by atoms with E-state index in [2.05, 4.69) is 25.7 Å². The topological polar surface area (TPSA) is 29.3 Å². The minimum Gasteiger partial charge on any atom is -0.329 e. The Bertz CT molecular complexity index is 125. The van der Waals surface area contributed by atoms with Crippen LogP contribution in [0.2, 0.25) is 0 Å². The first-order valence-corrected chi connectivity index (χ1v) is 4.61. The van der Waals surface area contributed by atoms with E-state index < -0.39 is 0 Å². The Labute approximate surface area is 69.8 Å². The van der Waals surface area contributed by atoms with Crippen LogP contribution in [0.25, 0.3) is 0 Å². The van der Waals surface area contributed by atoms with E-state index in [1.807, 2.05) is 0 Å². The van der Waals surface area contributed by atoms with Crippen molar-refractivity contribution in [2.24, 2.45) is 17.6 Å².